The zero-order chi connectivity index (χ0) is 19.8. The highest BCUT2D eigenvalue weighted by atomic mass is 32.1. The quantitative estimate of drug-likeness (QED) is 0.292. The van der Waals surface area contributed by atoms with E-state index in [9.17, 15) is 0 Å². The van der Waals surface area contributed by atoms with Crippen LogP contribution in [-0.4, -0.2) is 15.3 Å². The summed E-state index contributed by atoms with van der Waals surface area (Å²) in [4.78, 5) is 0.879. The highest BCUT2D eigenvalue weighted by Crippen LogP contribution is 2.31. The molecule has 2 heterocycles. The van der Waals surface area contributed by atoms with Crippen LogP contribution in [0.25, 0.3) is 32.4 Å². The van der Waals surface area contributed by atoms with Crippen molar-refractivity contribution in [2.24, 2.45) is 24.3 Å². The monoisotopic (exact) mass is 396 g/mol. The van der Waals surface area contributed by atoms with Crippen molar-refractivity contribution in [2.45, 2.75) is 0 Å². The molecule has 0 radical (unpaired) electrons. The van der Waals surface area contributed by atoms with Gasteiger partial charge in [-0.15, -0.1) is 5.10 Å². The molecule has 5 heteroatoms. The second-order valence-electron chi connectivity index (χ2n) is 6.96. The first-order valence-electron chi connectivity index (χ1n) is 9.48. The van der Waals surface area contributed by atoms with Crippen LogP contribution in [0.2, 0.25) is 0 Å². The number of nitrogens with zero attached hydrogens (tertiary/aromatic N) is 4. The summed E-state index contributed by atoms with van der Waals surface area (Å²) in [5, 5.41) is 10.2. The standard InChI is InChI=1S/C24H20N4S/c1-27-20-13-7-6-12-18(20)19(23(27)17-10-4-3-5-11-17)16-25-26-24-28(2)21-14-8-9-15-22(21)29-24/h3-16H,1-2H3/b25-16+,26-24+. The molecule has 0 aliphatic carbocycles. The number of benzene rings is 3. The maximum atomic E-state index is 4.53. The van der Waals surface area contributed by atoms with Crippen molar-refractivity contribution in [2.75, 3.05) is 0 Å². The Hall–Kier alpha value is -3.44. The smallest absolute Gasteiger partial charge is 0.211 e. The number of aromatic nitrogens is 2. The van der Waals surface area contributed by atoms with Gasteiger partial charge in [0.25, 0.3) is 0 Å². The molecule has 4 nitrogen and oxygen atoms in total. The number of aryl methyl sites for hydroxylation is 2. The van der Waals surface area contributed by atoms with Crippen molar-refractivity contribution in [3.05, 3.63) is 89.2 Å². The average molecular weight is 397 g/mol. The molecule has 142 valence electrons. The minimum absolute atomic E-state index is 0.879. The molecule has 2 aromatic heterocycles. The lowest BCUT2D eigenvalue weighted by atomic mass is 10.1. The molecular formula is C24H20N4S. The van der Waals surface area contributed by atoms with Crippen molar-refractivity contribution in [1.29, 1.82) is 0 Å². The van der Waals surface area contributed by atoms with E-state index >= 15 is 0 Å². The average Bonchev–Trinajstić information content (AvgIpc) is 3.24. The first-order valence-corrected chi connectivity index (χ1v) is 10.3. The first-order chi connectivity index (χ1) is 14.2. The summed E-state index contributed by atoms with van der Waals surface area (Å²) >= 11 is 1.65. The molecule has 0 aliphatic rings. The predicted octanol–water partition coefficient (Wildman–Crippen LogP) is 5.33. The zero-order valence-corrected chi connectivity index (χ0v) is 17.1. The minimum Gasteiger partial charge on any atom is -0.343 e. The van der Waals surface area contributed by atoms with E-state index < -0.39 is 0 Å². The van der Waals surface area contributed by atoms with Gasteiger partial charge < -0.3 is 9.13 Å². The summed E-state index contributed by atoms with van der Waals surface area (Å²) < 4.78 is 5.52. The van der Waals surface area contributed by atoms with Crippen LogP contribution in [0, 0.1) is 0 Å². The van der Waals surface area contributed by atoms with Crippen LogP contribution in [0.15, 0.2) is 89.1 Å². The molecule has 0 atom stereocenters. The Kier molecular flexibility index (Phi) is 4.37. The van der Waals surface area contributed by atoms with Gasteiger partial charge in [-0.3, -0.25) is 0 Å². The van der Waals surface area contributed by atoms with Crippen LogP contribution < -0.4 is 4.80 Å². The van der Waals surface area contributed by atoms with Gasteiger partial charge in [0.1, 0.15) is 0 Å². The second-order valence-corrected chi connectivity index (χ2v) is 7.97. The van der Waals surface area contributed by atoms with E-state index in [2.05, 4.69) is 87.0 Å². The maximum Gasteiger partial charge on any atom is 0.211 e. The minimum atomic E-state index is 0.879. The maximum absolute atomic E-state index is 4.53. The lowest BCUT2D eigenvalue weighted by Crippen LogP contribution is -2.08. The molecule has 3 aromatic carbocycles. The van der Waals surface area contributed by atoms with Gasteiger partial charge in [0.2, 0.25) is 4.80 Å². The fourth-order valence-corrected chi connectivity index (χ4v) is 4.79. The third kappa shape index (κ3) is 3.00. The summed E-state index contributed by atoms with van der Waals surface area (Å²) in [7, 11) is 4.13. The van der Waals surface area contributed by atoms with E-state index in [1.165, 1.54) is 26.7 Å². The molecule has 5 aromatic rings. The number of hydrogen-bond donors (Lipinski definition) is 0. The zero-order valence-electron chi connectivity index (χ0n) is 16.3. The van der Waals surface area contributed by atoms with Crippen molar-refractivity contribution in [3.63, 3.8) is 0 Å². The van der Waals surface area contributed by atoms with Crippen LogP contribution in [-0.2, 0) is 14.1 Å². The Morgan fingerprint density at radius 2 is 1.45 bits per heavy atom. The molecule has 0 fully saturated rings. The van der Waals surface area contributed by atoms with Gasteiger partial charge in [-0.1, -0.05) is 72.0 Å². The number of para-hydroxylation sites is 2. The van der Waals surface area contributed by atoms with Gasteiger partial charge >= 0.3 is 0 Å². The third-order valence-electron chi connectivity index (χ3n) is 5.24. The van der Waals surface area contributed by atoms with Crippen molar-refractivity contribution < 1.29 is 0 Å². The number of fused-ring (bicyclic) bond motifs is 2. The highest BCUT2D eigenvalue weighted by Gasteiger charge is 2.14. The molecule has 0 unspecified atom stereocenters. The Bertz CT molecular complexity index is 1420. The Morgan fingerprint density at radius 3 is 2.24 bits per heavy atom. The van der Waals surface area contributed by atoms with E-state index in [1.54, 1.807) is 11.3 Å². The van der Waals surface area contributed by atoms with Crippen LogP contribution in [0.4, 0.5) is 0 Å². The summed E-state index contributed by atoms with van der Waals surface area (Å²) in [6.07, 6.45) is 1.88. The van der Waals surface area contributed by atoms with Crippen LogP contribution in [0.3, 0.4) is 0 Å². The fraction of sp³-hybridized carbons (Fsp3) is 0.0833. The molecule has 0 aliphatic heterocycles. The third-order valence-corrected chi connectivity index (χ3v) is 6.34. The van der Waals surface area contributed by atoms with E-state index in [-0.39, 0.29) is 0 Å². The van der Waals surface area contributed by atoms with E-state index in [1.807, 2.05) is 31.5 Å². The van der Waals surface area contributed by atoms with Gasteiger partial charge in [-0.25, -0.2) is 0 Å². The SMILES string of the molecule is Cn1c(-c2ccccc2)c(/C=N/N=c2/sc3ccccc3n2C)c2ccccc21. The van der Waals surface area contributed by atoms with Gasteiger partial charge in [0.05, 0.1) is 22.1 Å². The largest absolute Gasteiger partial charge is 0.343 e. The molecule has 0 saturated heterocycles. The van der Waals surface area contributed by atoms with E-state index in [0.29, 0.717) is 0 Å². The fourth-order valence-electron chi connectivity index (χ4n) is 3.81. The van der Waals surface area contributed by atoms with Gasteiger partial charge in [-0.05, 0) is 23.8 Å². The summed E-state index contributed by atoms with van der Waals surface area (Å²) in [5.41, 5.74) is 5.75. The van der Waals surface area contributed by atoms with Crippen LogP contribution in [0.1, 0.15) is 5.56 Å². The molecular weight excluding hydrogens is 376 g/mol. The molecule has 0 N–H and O–H groups in total. The van der Waals surface area contributed by atoms with Crippen LogP contribution >= 0.6 is 11.3 Å². The van der Waals surface area contributed by atoms with E-state index in [4.69, 9.17) is 0 Å². The first kappa shape index (κ1) is 17.6. The molecule has 5 rings (SSSR count). The van der Waals surface area contributed by atoms with Crippen molar-refractivity contribution >= 4 is 38.7 Å². The topological polar surface area (TPSA) is 34.6 Å². The molecule has 0 amide bonds. The van der Waals surface area contributed by atoms with Crippen LogP contribution in [0.5, 0.6) is 0 Å². The van der Waals surface area contributed by atoms with E-state index in [0.717, 1.165) is 16.1 Å². The predicted molar refractivity (Wildman–Crippen MR) is 122 cm³/mol. The highest BCUT2D eigenvalue weighted by molar-refractivity contribution is 7.16. The lowest BCUT2D eigenvalue weighted by Gasteiger charge is -2.05. The Balaban J connectivity index is 1.68. The number of thiazole rings is 1. The van der Waals surface area contributed by atoms with Gasteiger partial charge in [-0.2, -0.15) is 5.10 Å². The normalized spacial score (nSPS) is 12.6. The summed E-state index contributed by atoms with van der Waals surface area (Å²) in [5.74, 6) is 0. The molecule has 0 spiro atoms. The molecule has 0 saturated carbocycles. The number of hydrogen-bond acceptors (Lipinski definition) is 3. The van der Waals surface area contributed by atoms with Gasteiger partial charge in [0, 0.05) is 30.6 Å². The molecule has 0 bridgehead atoms. The van der Waals surface area contributed by atoms with Crippen molar-refractivity contribution in [1.82, 2.24) is 9.13 Å². The Morgan fingerprint density at radius 1 is 0.759 bits per heavy atom. The summed E-state index contributed by atoms with van der Waals surface area (Å²) in [6, 6.07) is 27.2. The van der Waals surface area contributed by atoms with Gasteiger partial charge in [0.15, 0.2) is 0 Å². The van der Waals surface area contributed by atoms with Crippen molar-refractivity contribution in [3.8, 4) is 11.3 Å². The second kappa shape index (κ2) is 7.18. The summed E-state index contributed by atoms with van der Waals surface area (Å²) in [6.45, 7) is 0. The molecule has 29 heavy (non-hydrogen) atoms. The lowest BCUT2D eigenvalue weighted by molar-refractivity contribution is 0.889. The number of rotatable bonds is 3. The Labute approximate surface area is 172 Å².